The highest BCUT2D eigenvalue weighted by Crippen LogP contribution is 2.27. The van der Waals surface area contributed by atoms with Crippen molar-refractivity contribution in [3.63, 3.8) is 0 Å². The number of aryl methyl sites for hydroxylation is 1. The van der Waals surface area contributed by atoms with Crippen molar-refractivity contribution in [2.45, 2.75) is 38.6 Å². The minimum atomic E-state index is -0.269. The summed E-state index contributed by atoms with van der Waals surface area (Å²) in [5.74, 6) is 1.44. The van der Waals surface area contributed by atoms with Crippen LogP contribution in [0.25, 0.3) is 0 Å². The average molecular weight is 360 g/mol. The fraction of sp³-hybridized carbons (Fsp3) is 0.526. The summed E-state index contributed by atoms with van der Waals surface area (Å²) in [7, 11) is 1.80. The van der Waals surface area contributed by atoms with Gasteiger partial charge in [-0.1, -0.05) is 17.3 Å². The summed E-state index contributed by atoms with van der Waals surface area (Å²) < 4.78 is 18.3. The van der Waals surface area contributed by atoms with E-state index in [0.29, 0.717) is 18.3 Å². The first-order valence-corrected chi connectivity index (χ1v) is 8.97. The lowest BCUT2D eigenvalue weighted by molar-refractivity contribution is -0.133. The Kier molecular flexibility index (Phi) is 5.66. The number of hydrogen-bond donors (Lipinski definition) is 0. The summed E-state index contributed by atoms with van der Waals surface area (Å²) in [5.41, 5.74) is 0.924. The van der Waals surface area contributed by atoms with E-state index < -0.39 is 0 Å². The molecular formula is C19H25FN4O2. The van der Waals surface area contributed by atoms with Crippen molar-refractivity contribution in [2.24, 2.45) is 0 Å². The third-order valence-corrected chi connectivity index (χ3v) is 5.17. The summed E-state index contributed by atoms with van der Waals surface area (Å²) in [6.07, 6.45) is 1.82. The molecule has 0 saturated carbocycles. The number of amides is 1. The third-order valence-electron chi connectivity index (χ3n) is 5.17. The molecule has 1 fully saturated rings. The van der Waals surface area contributed by atoms with Crippen molar-refractivity contribution in [3.8, 4) is 0 Å². The highest BCUT2D eigenvalue weighted by atomic mass is 19.1. The molecule has 0 radical (unpaired) electrons. The number of aromatic nitrogens is 2. The van der Waals surface area contributed by atoms with E-state index in [1.54, 1.807) is 24.1 Å². The van der Waals surface area contributed by atoms with Crippen LogP contribution in [0, 0.1) is 12.7 Å². The van der Waals surface area contributed by atoms with Crippen LogP contribution in [-0.4, -0.2) is 52.5 Å². The number of carbonyl (C=O) groups excluding carboxylic acids is 1. The number of nitrogens with zero attached hydrogens (tertiary/aromatic N) is 4. The SMILES string of the molecule is Cc1noc(C2CCN(CC(=O)N(C)C(C)c3ccc(F)cc3)CC2)n1. The predicted octanol–water partition coefficient (Wildman–Crippen LogP) is 2.92. The molecule has 3 rings (SSSR count). The summed E-state index contributed by atoms with van der Waals surface area (Å²) in [5, 5.41) is 3.85. The molecule has 0 spiro atoms. The maximum absolute atomic E-state index is 13.1. The first-order chi connectivity index (χ1) is 12.4. The molecule has 1 saturated heterocycles. The van der Waals surface area contributed by atoms with E-state index in [0.717, 1.165) is 31.5 Å². The fourth-order valence-electron chi connectivity index (χ4n) is 3.30. The number of piperidine rings is 1. The molecule has 1 aliphatic rings. The molecule has 0 bridgehead atoms. The zero-order valence-corrected chi connectivity index (χ0v) is 15.5. The number of carbonyl (C=O) groups is 1. The minimum Gasteiger partial charge on any atom is -0.339 e. The van der Waals surface area contributed by atoms with Gasteiger partial charge in [0.25, 0.3) is 0 Å². The van der Waals surface area contributed by atoms with E-state index in [-0.39, 0.29) is 23.7 Å². The highest BCUT2D eigenvalue weighted by molar-refractivity contribution is 5.78. The Morgan fingerprint density at radius 1 is 1.35 bits per heavy atom. The number of halogens is 1. The standard InChI is InChI=1S/C19H25FN4O2/c1-13(15-4-6-17(20)7-5-15)23(3)18(25)12-24-10-8-16(9-11-24)19-21-14(2)22-26-19/h4-7,13,16H,8-12H2,1-3H3. The van der Waals surface area contributed by atoms with Gasteiger partial charge in [-0.2, -0.15) is 4.98 Å². The molecule has 1 unspecified atom stereocenters. The Morgan fingerprint density at radius 3 is 2.58 bits per heavy atom. The van der Waals surface area contributed by atoms with Gasteiger partial charge >= 0.3 is 0 Å². The molecular weight excluding hydrogens is 335 g/mol. The van der Waals surface area contributed by atoms with Crippen molar-refractivity contribution in [1.82, 2.24) is 19.9 Å². The van der Waals surface area contributed by atoms with E-state index in [4.69, 9.17) is 4.52 Å². The Labute approximate surface area is 153 Å². The van der Waals surface area contributed by atoms with Gasteiger partial charge in [0, 0.05) is 13.0 Å². The number of rotatable bonds is 5. The Morgan fingerprint density at radius 2 is 2.00 bits per heavy atom. The van der Waals surface area contributed by atoms with Crippen LogP contribution in [0.15, 0.2) is 28.8 Å². The van der Waals surface area contributed by atoms with E-state index in [1.807, 2.05) is 13.8 Å². The smallest absolute Gasteiger partial charge is 0.236 e. The van der Waals surface area contributed by atoms with Crippen LogP contribution in [0.1, 0.15) is 49.0 Å². The zero-order valence-electron chi connectivity index (χ0n) is 15.5. The van der Waals surface area contributed by atoms with Crippen LogP contribution in [0.5, 0.6) is 0 Å². The first kappa shape index (κ1) is 18.5. The molecule has 2 heterocycles. The average Bonchev–Trinajstić information content (AvgIpc) is 3.08. The Hall–Kier alpha value is -2.28. The van der Waals surface area contributed by atoms with Crippen molar-refractivity contribution in [3.05, 3.63) is 47.4 Å². The zero-order chi connectivity index (χ0) is 18.7. The second kappa shape index (κ2) is 7.95. The molecule has 0 N–H and O–H groups in total. The topological polar surface area (TPSA) is 62.5 Å². The summed E-state index contributed by atoms with van der Waals surface area (Å²) in [4.78, 5) is 20.8. The van der Waals surface area contributed by atoms with Gasteiger partial charge in [0.2, 0.25) is 11.8 Å². The van der Waals surface area contributed by atoms with E-state index >= 15 is 0 Å². The van der Waals surface area contributed by atoms with Gasteiger partial charge in [-0.05, 0) is 57.5 Å². The van der Waals surface area contributed by atoms with Gasteiger partial charge in [0.05, 0.1) is 12.6 Å². The predicted molar refractivity (Wildman–Crippen MR) is 95.0 cm³/mol. The molecule has 0 aliphatic carbocycles. The van der Waals surface area contributed by atoms with Crippen LogP contribution in [0.3, 0.4) is 0 Å². The molecule has 1 amide bonds. The molecule has 1 aliphatic heterocycles. The van der Waals surface area contributed by atoms with Crippen LogP contribution in [0.4, 0.5) is 4.39 Å². The van der Waals surface area contributed by atoms with Crippen LogP contribution in [-0.2, 0) is 4.79 Å². The Bertz CT molecular complexity index is 738. The quantitative estimate of drug-likeness (QED) is 0.820. The van der Waals surface area contributed by atoms with Crippen LogP contribution in [0.2, 0.25) is 0 Å². The summed E-state index contributed by atoms with van der Waals surface area (Å²) in [6, 6.07) is 6.20. The summed E-state index contributed by atoms with van der Waals surface area (Å²) >= 11 is 0. The monoisotopic (exact) mass is 360 g/mol. The van der Waals surface area contributed by atoms with Crippen LogP contribution < -0.4 is 0 Å². The molecule has 2 aromatic rings. The van der Waals surface area contributed by atoms with Crippen molar-refractivity contribution >= 4 is 5.91 Å². The van der Waals surface area contributed by atoms with Gasteiger partial charge in [-0.15, -0.1) is 0 Å². The summed E-state index contributed by atoms with van der Waals surface area (Å²) in [6.45, 7) is 5.82. The van der Waals surface area contributed by atoms with Crippen molar-refractivity contribution in [2.75, 3.05) is 26.7 Å². The molecule has 1 atom stereocenters. The molecule has 1 aromatic carbocycles. The number of likely N-dealkylation sites (tertiary alicyclic amines) is 1. The van der Waals surface area contributed by atoms with Gasteiger partial charge in [0.1, 0.15) is 5.82 Å². The van der Waals surface area contributed by atoms with Crippen molar-refractivity contribution in [1.29, 1.82) is 0 Å². The number of benzene rings is 1. The third kappa shape index (κ3) is 4.27. The second-order valence-corrected chi connectivity index (χ2v) is 6.96. The van der Waals surface area contributed by atoms with Crippen LogP contribution >= 0.6 is 0 Å². The normalized spacial score (nSPS) is 17.2. The highest BCUT2D eigenvalue weighted by Gasteiger charge is 2.27. The Balaban J connectivity index is 1.51. The molecule has 7 heteroatoms. The number of likely N-dealkylation sites (N-methyl/N-ethyl adjacent to an activating group) is 1. The largest absolute Gasteiger partial charge is 0.339 e. The van der Waals surface area contributed by atoms with Gasteiger partial charge in [-0.25, -0.2) is 4.39 Å². The van der Waals surface area contributed by atoms with E-state index in [9.17, 15) is 9.18 Å². The van der Waals surface area contributed by atoms with Gasteiger partial charge < -0.3 is 9.42 Å². The fourth-order valence-corrected chi connectivity index (χ4v) is 3.30. The molecule has 1 aromatic heterocycles. The minimum absolute atomic E-state index is 0.0638. The molecule has 26 heavy (non-hydrogen) atoms. The lowest BCUT2D eigenvalue weighted by Crippen LogP contribution is -2.42. The lowest BCUT2D eigenvalue weighted by Gasteiger charge is -2.32. The van der Waals surface area contributed by atoms with Gasteiger partial charge in [-0.3, -0.25) is 9.69 Å². The maximum Gasteiger partial charge on any atom is 0.236 e. The molecule has 6 nitrogen and oxygen atoms in total. The van der Waals surface area contributed by atoms with Gasteiger partial charge in [0.15, 0.2) is 5.82 Å². The second-order valence-electron chi connectivity index (χ2n) is 6.96. The van der Waals surface area contributed by atoms with E-state index in [1.165, 1.54) is 12.1 Å². The van der Waals surface area contributed by atoms with E-state index in [2.05, 4.69) is 15.0 Å². The maximum atomic E-state index is 13.1. The lowest BCUT2D eigenvalue weighted by atomic mass is 9.97. The number of hydrogen-bond acceptors (Lipinski definition) is 5. The first-order valence-electron chi connectivity index (χ1n) is 8.97. The van der Waals surface area contributed by atoms with Crippen molar-refractivity contribution < 1.29 is 13.7 Å². The molecule has 140 valence electrons.